The Morgan fingerprint density at radius 3 is 2.94 bits per heavy atom. The summed E-state index contributed by atoms with van der Waals surface area (Å²) in [4.78, 5) is 18.3. The lowest BCUT2D eigenvalue weighted by Crippen LogP contribution is -2.05. The molecule has 0 aliphatic carbocycles. The molecular weight excluding hydrogens is 216 g/mol. The summed E-state index contributed by atoms with van der Waals surface area (Å²) in [6, 6.07) is 5.02. The summed E-state index contributed by atoms with van der Waals surface area (Å²) in [6.07, 6.45) is 5.32. The van der Waals surface area contributed by atoms with E-state index in [9.17, 15) is 4.79 Å². The van der Waals surface area contributed by atoms with Crippen LogP contribution >= 0.6 is 0 Å². The first-order valence-corrected chi connectivity index (χ1v) is 5.24. The van der Waals surface area contributed by atoms with E-state index < -0.39 is 0 Å². The number of hydrogen-bond donors (Lipinski definition) is 1. The molecule has 3 aromatic rings. The molecule has 3 rings (SSSR count). The number of aryl methyl sites for hydroxylation is 1. The van der Waals surface area contributed by atoms with Gasteiger partial charge in [-0.25, -0.2) is 9.67 Å². The molecule has 3 heterocycles. The van der Waals surface area contributed by atoms with E-state index in [4.69, 9.17) is 0 Å². The van der Waals surface area contributed by atoms with Gasteiger partial charge in [-0.2, -0.15) is 5.10 Å². The molecule has 0 aliphatic heterocycles. The fourth-order valence-electron chi connectivity index (χ4n) is 1.78. The molecule has 0 spiro atoms. The molecule has 5 nitrogen and oxygen atoms in total. The third-order valence-corrected chi connectivity index (χ3v) is 2.56. The Bertz CT molecular complexity index is 741. The summed E-state index contributed by atoms with van der Waals surface area (Å²) in [5.74, 6) is 0.715. The number of rotatable bonds is 1. The van der Waals surface area contributed by atoms with Crippen molar-refractivity contribution in [1.29, 1.82) is 0 Å². The molecule has 0 bridgehead atoms. The molecule has 17 heavy (non-hydrogen) atoms. The average molecular weight is 226 g/mol. The predicted molar refractivity (Wildman–Crippen MR) is 64.2 cm³/mol. The largest absolute Gasteiger partial charge is 0.322 e. The van der Waals surface area contributed by atoms with Crippen LogP contribution in [0.2, 0.25) is 0 Å². The van der Waals surface area contributed by atoms with E-state index in [1.165, 1.54) is 6.07 Å². The minimum atomic E-state index is -0.119. The van der Waals surface area contributed by atoms with E-state index in [2.05, 4.69) is 15.1 Å². The zero-order valence-electron chi connectivity index (χ0n) is 9.21. The summed E-state index contributed by atoms with van der Waals surface area (Å²) in [6.45, 7) is 1.97. The van der Waals surface area contributed by atoms with Gasteiger partial charge in [0.05, 0.1) is 11.7 Å². The lowest BCUT2D eigenvalue weighted by Gasteiger charge is -2.04. The number of hydrogen-bond acceptors (Lipinski definition) is 3. The van der Waals surface area contributed by atoms with Crippen LogP contribution in [-0.4, -0.2) is 19.7 Å². The molecule has 5 heteroatoms. The fourth-order valence-corrected chi connectivity index (χ4v) is 1.78. The topological polar surface area (TPSA) is 63.6 Å². The summed E-state index contributed by atoms with van der Waals surface area (Å²) >= 11 is 0. The van der Waals surface area contributed by atoms with Crippen LogP contribution in [0.4, 0.5) is 0 Å². The van der Waals surface area contributed by atoms with Crippen molar-refractivity contribution in [3.05, 3.63) is 52.7 Å². The second-order valence-electron chi connectivity index (χ2n) is 3.88. The average Bonchev–Trinajstić information content (AvgIpc) is 2.74. The lowest BCUT2D eigenvalue weighted by molar-refractivity contribution is 0.855. The van der Waals surface area contributed by atoms with Crippen molar-refractivity contribution < 1.29 is 0 Å². The number of aromatic nitrogens is 4. The Hall–Kier alpha value is -2.43. The standard InChI is InChI=1S/C12H10N4O/c1-8-6-14-16(7-8)12-9-2-3-11(17)15-10(9)4-5-13-12/h2-7H,1H3,(H,15,17). The van der Waals surface area contributed by atoms with Gasteiger partial charge in [0.2, 0.25) is 5.56 Å². The predicted octanol–water partition coefficient (Wildman–Crippen LogP) is 1.42. The van der Waals surface area contributed by atoms with Crippen LogP contribution in [0.3, 0.4) is 0 Å². The van der Waals surface area contributed by atoms with Crippen LogP contribution in [0.15, 0.2) is 41.6 Å². The zero-order valence-corrected chi connectivity index (χ0v) is 9.21. The first-order chi connectivity index (χ1) is 8.24. The molecule has 0 aliphatic rings. The number of fused-ring (bicyclic) bond motifs is 1. The van der Waals surface area contributed by atoms with E-state index in [0.717, 1.165) is 16.5 Å². The van der Waals surface area contributed by atoms with Gasteiger partial charge >= 0.3 is 0 Å². The monoisotopic (exact) mass is 226 g/mol. The SMILES string of the molecule is Cc1cnn(-c2nccc3[nH]c(=O)ccc23)c1. The molecule has 0 amide bonds. The van der Waals surface area contributed by atoms with Crippen LogP contribution in [-0.2, 0) is 0 Å². The Kier molecular flexibility index (Phi) is 2.04. The van der Waals surface area contributed by atoms with Crippen LogP contribution < -0.4 is 5.56 Å². The van der Waals surface area contributed by atoms with Gasteiger partial charge in [-0.1, -0.05) is 0 Å². The molecule has 1 N–H and O–H groups in total. The highest BCUT2D eigenvalue weighted by atomic mass is 16.1. The highest BCUT2D eigenvalue weighted by Gasteiger charge is 2.05. The Morgan fingerprint density at radius 2 is 2.18 bits per heavy atom. The van der Waals surface area contributed by atoms with E-state index in [-0.39, 0.29) is 5.56 Å². The van der Waals surface area contributed by atoms with Gasteiger partial charge in [-0.3, -0.25) is 4.79 Å². The summed E-state index contributed by atoms with van der Waals surface area (Å²) in [7, 11) is 0. The second kappa shape index (κ2) is 3.55. The van der Waals surface area contributed by atoms with E-state index in [1.54, 1.807) is 29.2 Å². The van der Waals surface area contributed by atoms with Crippen LogP contribution in [0, 0.1) is 6.92 Å². The van der Waals surface area contributed by atoms with Crippen molar-refractivity contribution >= 4 is 10.9 Å². The molecular formula is C12H10N4O. The van der Waals surface area contributed by atoms with Gasteiger partial charge in [-0.15, -0.1) is 0 Å². The number of nitrogens with zero attached hydrogens (tertiary/aromatic N) is 3. The fraction of sp³-hybridized carbons (Fsp3) is 0.0833. The minimum Gasteiger partial charge on any atom is -0.322 e. The number of aromatic amines is 1. The van der Waals surface area contributed by atoms with E-state index >= 15 is 0 Å². The van der Waals surface area contributed by atoms with Crippen LogP contribution in [0.1, 0.15) is 5.56 Å². The van der Waals surface area contributed by atoms with Crippen molar-refractivity contribution in [3.63, 3.8) is 0 Å². The van der Waals surface area contributed by atoms with Gasteiger partial charge < -0.3 is 4.98 Å². The third kappa shape index (κ3) is 1.61. The minimum absolute atomic E-state index is 0.119. The first kappa shape index (κ1) is 9.77. The first-order valence-electron chi connectivity index (χ1n) is 5.24. The smallest absolute Gasteiger partial charge is 0.248 e. The van der Waals surface area contributed by atoms with Gasteiger partial charge in [0.1, 0.15) is 0 Å². The van der Waals surface area contributed by atoms with Crippen molar-refractivity contribution in [1.82, 2.24) is 19.7 Å². The van der Waals surface area contributed by atoms with Gasteiger partial charge in [-0.05, 0) is 24.6 Å². The van der Waals surface area contributed by atoms with Gasteiger partial charge in [0.25, 0.3) is 0 Å². The number of nitrogens with one attached hydrogen (secondary N) is 1. The summed E-state index contributed by atoms with van der Waals surface area (Å²) < 4.78 is 1.70. The van der Waals surface area contributed by atoms with Crippen molar-refractivity contribution in [2.24, 2.45) is 0 Å². The number of H-pyrrole nitrogens is 1. The maximum atomic E-state index is 11.2. The third-order valence-electron chi connectivity index (χ3n) is 2.56. The van der Waals surface area contributed by atoms with Crippen LogP contribution in [0.25, 0.3) is 16.7 Å². The molecule has 0 unspecified atom stereocenters. The van der Waals surface area contributed by atoms with Crippen molar-refractivity contribution in [2.75, 3.05) is 0 Å². The highest BCUT2D eigenvalue weighted by Crippen LogP contribution is 2.16. The molecule has 0 fully saturated rings. The summed E-state index contributed by atoms with van der Waals surface area (Å²) in [5.41, 5.74) is 1.70. The molecule has 0 radical (unpaired) electrons. The van der Waals surface area contributed by atoms with Gasteiger partial charge in [0.15, 0.2) is 5.82 Å². The number of pyridine rings is 2. The molecule has 3 aromatic heterocycles. The normalized spacial score (nSPS) is 10.9. The Labute approximate surface area is 96.7 Å². The molecule has 84 valence electrons. The Balaban J connectivity index is 2.33. The summed E-state index contributed by atoms with van der Waals surface area (Å²) in [5, 5.41) is 5.09. The quantitative estimate of drug-likeness (QED) is 0.682. The molecule has 0 saturated carbocycles. The van der Waals surface area contributed by atoms with Crippen molar-refractivity contribution in [3.8, 4) is 5.82 Å². The highest BCUT2D eigenvalue weighted by molar-refractivity contribution is 5.84. The van der Waals surface area contributed by atoms with Crippen LogP contribution in [0.5, 0.6) is 0 Å². The zero-order chi connectivity index (χ0) is 11.8. The molecule has 0 aromatic carbocycles. The lowest BCUT2D eigenvalue weighted by atomic mass is 10.2. The molecule has 0 saturated heterocycles. The van der Waals surface area contributed by atoms with E-state index in [1.807, 2.05) is 13.1 Å². The maximum Gasteiger partial charge on any atom is 0.248 e. The second-order valence-corrected chi connectivity index (χ2v) is 3.88. The Morgan fingerprint density at radius 1 is 1.29 bits per heavy atom. The van der Waals surface area contributed by atoms with Crippen molar-refractivity contribution in [2.45, 2.75) is 6.92 Å². The van der Waals surface area contributed by atoms with E-state index in [0.29, 0.717) is 5.82 Å². The van der Waals surface area contributed by atoms with Gasteiger partial charge in [0, 0.05) is 23.8 Å². The maximum absolute atomic E-state index is 11.2. The molecule has 0 atom stereocenters.